The highest BCUT2D eigenvalue weighted by Gasteiger charge is 2.22. The van der Waals surface area contributed by atoms with Crippen LogP contribution in [0.15, 0.2) is 59.3 Å². The maximum absolute atomic E-state index is 2.31. The Morgan fingerprint density at radius 2 is 2.17 bits per heavy atom. The molecule has 0 fully saturated rings. The molecule has 12 heavy (non-hydrogen) atoms. The number of fused-ring (bicyclic) bond motifs is 2. The van der Waals surface area contributed by atoms with Crippen molar-refractivity contribution in [1.29, 1.82) is 0 Å². The smallest absolute Gasteiger partial charge is 0.00619 e. The summed E-state index contributed by atoms with van der Waals surface area (Å²) in [6, 6.07) is 0. The van der Waals surface area contributed by atoms with Crippen LogP contribution in [0.4, 0.5) is 0 Å². The second-order valence-electron chi connectivity index (χ2n) is 3.51. The first-order valence-corrected chi connectivity index (χ1v) is 4.41. The van der Waals surface area contributed by atoms with Gasteiger partial charge in [-0.25, -0.2) is 0 Å². The lowest BCUT2D eigenvalue weighted by Crippen LogP contribution is -2.04. The zero-order valence-electron chi connectivity index (χ0n) is 6.83. The molecule has 1 unspecified atom stereocenters. The van der Waals surface area contributed by atoms with Crippen LogP contribution in [0.5, 0.6) is 0 Å². The van der Waals surface area contributed by atoms with Gasteiger partial charge in [-0.1, -0.05) is 42.5 Å². The molecule has 3 aliphatic rings. The fourth-order valence-electron chi connectivity index (χ4n) is 2.09. The van der Waals surface area contributed by atoms with E-state index in [9.17, 15) is 0 Å². The average Bonchev–Trinajstić information content (AvgIpc) is 2.64. The van der Waals surface area contributed by atoms with Gasteiger partial charge in [-0.2, -0.15) is 0 Å². The van der Waals surface area contributed by atoms with E-state index in [4.69, 9.17) is 0 Å². The molecule has 1 atom stereocenters. The Morgan fingerprint density at radius 3 is 3.17 bits per heavy atom. The van der Waals surface area contributed by atoms with E-state index in [2.05, 4.69) is 42.5 Å². The monoisotopic (exact) mass is 154 g/mol. The second-order valence-corrected chi connectivity index (χ2v) is 3.51. The van der Waals surface area contributed by atoms with Crippen LogP contribution in [0, 0.1) is 5.92 Å². The van der Waals surface area contributed by atoms with Gasteiger partial charge in [-0.15, -0.1) is 0 Å². The molecule has 0 aromatic heterocycles. The van der Waals surface area contributed by atoms with Crippen LogP contribution in [-0.2, 0) is 0 Å². The van der Waals surface area contributed by atoms with Gasteiger partial charge in [-0.05, 0) is 23.1 Å². The van der Waals surface area contributed by atoms with Crippen molar-refractivity contribution in [2.24, 2.45) is 5.92 Å². The van der Waals surface area contributed by atoms with Gasteiger partial charge < -0.3 is 0 Å². The highest BCUT2D eigenvalue weighted by atomic mass is 14.3. The van der Waals surface area contributed by atoms with Crippen LogP contribution < -0.4 is 0 Å². The topological polar surface area (TPSA) is 0 Å². The largest absolute Gasteiger partial charge is 0.0767 e. The lowest BCUT2D eigenvalue weighted by atomic mass is 9.85. The van der Waals surface area contributed by atoms with Gasteiger partial charge in [-0.3, -0.25) is 0 Å². The third-order valence-corrected chi connectivity index (χ3v) is 2.77. The average molecular weight is 154 g/mol. The summed E-state index contributed by atoms with van der Waals surface area (Å²) in [4.78, 5) is 0. The van der Waals surface area contributed by atoms with Crippen molar-refractivity contribution in [3.63, 3.8) is 0 Å². The van der Waals surface area contributed by atoms with Crippen LogP contribution >= 0.6 is 0 Å². The number of hydrogen-bond donors (Lipinski definition) is 0. The quantitative estimate of drug-likeness (QED) is 0.503. The molecule has 0 radical (unpaired) electrons. The predicted molar refractivity (Wildman–Crippen MR) is 50.6 cm³/mol. The predicted octanol–water partition coefficient (Wildman–Crippen LogP) is 2.93. The third-order valence-electron chi connectivity index (χ3n) is 2.77. The molecule has 0 aromatic rings. The summed E-state index contributed by atoms with van der Waals surface area (Å²) in [5, 5.41) is 0. The van der Waals surface area contributed by atoms with E-state index in [0.717, 1.165) is 0 Å². The second kappa shape index (κ2) is 2.10. The fourth-order valence-corrected chi connectivity index (χ4v) is 2.09. The summed E-state index contributed by atoms with van der Waals surface area (Å²) in [5.74, 6) is 0.667. The molecule has 0 saturated heterocycles. The molecule has 0 N–H and O–H groups in total. The van der Waals surface area contributed by atoms with Gasteiger partial charge in [0.15, 0.2) is 0 Å². The van der Waals surface area contributed by atoms with Gasteiger partial charge >= 0.3 is 0 Å². The summed E-state index contributed by atoms with van der Waals surface area (Å²) in [5.41, 5.74) is 4.40. The minimum atomic E-state index is 0.667. The van der Waals surface area contributed by atoms with Gasteiger partial charge in [0.05, 0.1) is 0 Å². The summed E-state index contributed by atoms with van der Waals surface area (Å²) >= 11 is 0. The molecule has 0 heteroatoms. The van der Waals surface area contributed by atoms with Gasteiger partial charge in [0.25, 0.3) is 0 Å². The highest BCUT2D eigenvalue weighted by molar-refractivity contribution is 5.57. The van der Waals surface area contributed by atoms with Crippen molar-refractivity contribution in [2.75, 3.05) is 0 Å². The zero-order valence-corrected chi connectivity index (χ0v) is 6.83. The molecule has 3 rings (SSSR count). The SMILES string of the molecule is C1=CC2=CC3=CC=CC3CC2=C1. The summed E-state index contributed by atoms with van der Waals surface area (Å²) in [6.07, 6.45) is 16.8. The van der Waals surface area contributed by atoms with E-state index in [0.29, 0.717) is 5.92 Å². The number of rotatable bonds is 0. The molecule has 0 nitrogen and oxygen atoms in total. The molecule has 0 aromatic carbocycles. The van der Waals surface area contributed by atoms with Crippen molar-refractivity contribution in [3.8, 4) is 0 Å². The standard InChI is InChI=1S/C12H10/c1-3-9-7-11-5-2-6-12(11)8-10(9)4-1/h1-7,10H,8H2. The maximum Gasteiger partial charge on any atom is 0.00619 e. The molecular weight excluding hydrogens is 144 g/mol. The lowest BCUT2D eigenvalue weighted by molar-refractivity contribution is 0.766. The first-order chi connectivity index (χ1) is 5.93. The molecular formula is C12H10. The Kier molecular flexibility index (Phi) is 1.09. The van der Waals surface area contributed by atoms with Crippen LogP contribution in [0.1, 0.15) is 6.42 Å². The van der Waals surface area contributed by atoms with Crippen LogP contribution in [-0.4, -0.2) is 0 Å². The Bertz CT molecular complexity index is 373. The minimum absolute atomic E-state index is 0.667. The number of allylic oxidation sites excluding steroid dienone is 10. The Labute approximate surface area is 72.3 Å². The summed E-state index contributed by atoms with van der Waals surface area (Å²) in [6.45, 7) is 0. The molecule has 0 bridgehead atoms. The lowest BCUT2D eigenvalue weighted by Gasteiger charge is -2.19. The van der Waals surface area contributed by atoms with Crippen molar-refractivity contribution in [3.05, 3.63) is 59.3 Å². The number of hydrogen-bond acceptors (Lipinski definition) is 0. The molecule has 3 aliphatic carbocycles. The highest BCUT2D eigenvalue weighted by Crippen LogP contribution is 2.38. The van der Waals surface area contributed by atoms with Crippen LogP contribution in [0.2, 0.25) is 0 Å². The Balaban J connectivity index is 2.12. The van der Waals surface area contributed by atoms with Crippen LogP contribution in [0.25, 0.3) is 0 Å². The molecule has 58 valence electrons. The van der Waals surface area contributed by atoms with Gasteiger partial charge in [0.2, 0.25) is 0 Å². The first-order valence-electron chi connectivity index (χ1n) is 4.41. The first kappa shape index (κ1) is 6.24. The van der Waals surface area contributed by atoms with E-state index in [1.54, 1.807) is 0 Å². The minimum Gasteiger partial charge on any atom is -0.0767 e. The Morgan fingerprint density at radius 1 is 1.17 bits per heavy atom. The summed E-state index contributed by atoms with van der Waals surface area (Å²) < 4.78 is 0. The zero-order chi connectivity index (χ0) is 7.97. The molecule has 0 amide bonds. The Hall–Kier alpha value is -1.30. The molecule has 0 heterocycles. The van der Waals surface area contributed by atoms with E-state index < -0.39 is 0 Å². The summed E-state index contributed by atoms with van der Waals surface area (Å²) in [7, 11) is 0. The molecule has 0 saturated carbocycles. The van der Waals surface area contributed by atoms with Crippen molar-refractivity contribution in [2.45, 2.75) is 6.42 Å². The van der Waals surface area contributed by atoms with E-state index in [1.807, 2.05) is 0 Å². The molecule has 0 spiro atoms. The maximum atomic E-state index is 2.31. The third kappa shape index (κ3) is 0.724. The van der Waals surface area contributed by atoms with E-state index in [-0.39, 0.29) is 0 Å². The normalized spacial score (nSPS) is 29.3. The van der Waals surface area contributed by atoms with Gasteiger partial charge in [0, 0.05) is 5.92 Å². The van der Waals surface area contributed by atoms with E-state index >= 15 is 0 Å². The van der Waals surface area contributed by atoms with Crippen molar-refractivity contribution in [1.82, 2.24) is 0 Å². The van der Waals surface area contributed by atoms with Crippen molar-refractivity contribution < 1.29 is 0 Å². The van der Waals surface area contributed by atoms with Crippen molar-refractivity contribution >= 4 is 0 Å². The van der Waals surface area contributed by atoms with E-state index in [1.165, 1.54) is 23.1 Å². The van der Waals surface area contributed by atoms with Gasteiger partial charge in [0.1, 0.15) is 0 Å². The molecule has 0 aliphatic heterocycles. The van der Waals surface area contributed by atoms with Crippen LogP contribution in [0.3, 0.4) is 0 Å². The fraction of sp³-hybridized carbons (Fsp3) is 0.167.